The van der Waals surface area contributed by atoms with Gasteiger partial charge in [-0.25, -0.2) is 14.5 Å². The Morgan fingerprint density at radius 2 is 1.78 bits per heavy atom. The Morgan fingerprint density at radius 3 is 2.61 bits per heavy atom. The third kappa shape index (κ3) is 2.92. The summed E-state index contributed by atoms with van der Waals surface area (Å²) in [5, 5.41) is 9.34. The number of aromatic nitrogens is 6. The maximum absolute atomic E-state index is 4.94. The summed E-state index contributed by atoms with van der Waals surface area (Å²) in [6, 6.07) is 16.5. The summed E-state index contributed by atoms with van der Waals surface area (Å²) in [6.07, 6.45) is 7.56. The molecule has 5 heterocycles. The normalized spacial score (nSPS) is 21.4. The summed E-state index contributed by atoms with van der Waals surface area (Å²) in [4.78, 5) is 16.6. The number of H-pyrrole nitrogens is 2. The van der Waals surface area contributed by atoms with Crippen LogP contribution in [0, 0.1) is 19.8 Å². The van der Waals surface area contributed by atoms with Gasteiger partial charge in [0.15, 0.2) is 5.65 Å². The molecule has 1 saturated carbocycles. The minimum atomic E-state index is 0.372. The number of imidazole rings is 1. The van der Waals surface area contributed by atoms with E-state index in [4.69, 9.17) is 4.98 Å². The van der Waals surface area contributed by atoms with Crippen molar-refractivity contribution in [2.45, 2.75) is 45.2 Å². The van der Waals surface area contributed by atoms with Gasteiger partial charge in [0.25, 0.3) is 0 Å². The van der Waals surface area contributed by atoms with Gasteiger partial charge in [0.1, 0.15) is 12.2 Å². The maximum atomic E-state index is 4.94. The largest absolute Gasteiger partial charge is 0.354 e. The molecule has 0 spiro atoms. The minimum absolute atomic E-state index is 0.372. The van der Waals surface area contributed by atoms with E-state index in [0.717, 1.165) is 50.8 Å². The van der Waals surface area contributed by atoms with E-state index in [2.05, 4.69) is 81.7 Å². The molecule has 1 aliphatic heterocycles. The second-order valence-corrected chi connectivity index (χ2v) is 10.6. The van der Waals surface area contributed by atoms with Crippen molar-refractivity contribution in [3.8, 4) is 22.4 Å². The molecule has 7 heteroatoms. The van der Waals surface area contributed by atoms with Gasteiger partial charge >= 0.3 is 0 Å². The van der Waals surface area contributed by atoms with E-state index in [1.54, 1.807) is 6.33 Å². The minimum Gasteiger partial charge on any atom is -0.354 e. The number of piperidine rings is 1. The van der Waals surface area contributed by atoms with Crippen molar-refractivity contribution in [3.05, 3.63) is 71.9 Å². The summed E-state index contributed by atoms with van der Waals surface area (Å²) >= 11 is 0. The van der Waals surface area contributed by atoms with Gasteiger partial charge in [-0.05, 0) is 85.5 Å². The average Bonchev–Trinajstić information content (AvgIpc) is 3.71. The topological polar surface area (TPSA) is 86.7 Å². The van der Waals surface area contributed by atoms with Crippen LogP contribution in [0.15, 0.2) is 55.0 Å². The summed E-state index contributed by atoms with van der Waals surface area (Å²) < 4.78 is 1.85. The zero-order valence-corrected chi connectivity index (χ0v) is 20.3. The maximum Gasteiger partial charge on any atom is 0.158 e. The first-order chi connectivity index (χ1) is 17.6. The highest BCUT2D eigenvalue weighted by Gasteiger charge is 2.41. The van der Waals surface area contributed by atoms with Gasteiger partial charge < -0.3 is 15.3 Å². The molecular formula is C29H27N7. The zero-order valence-electron chi connectivity index (χ0n) is 20.3. The molecule has 7 nitrogen and oxygen atoms in total. The molecule has 2 aliphatic rings. The van der Waals surface area contributed by atoms with Crippen LogP contribution in [0.5, 0.6) is 0 Å². The fourth-order valence-corrected chi connectivity index (χ4v) is 6.56. The third-order valence-electron chi connectivity index (χ3n) is 8.39. The fraction of sp³-hybridized carbons (Fsp3) is 0.276. The van der Waals surface area contributed by atoms with Crippen LogP contribution in [-0.4, -0.2) is 35.6 Å². The number of pyridine rings is 1. The lowest BCUT2D eigenvalue weighted by atomic mass is 10.00. The average molecular weight is 474 g/mol. The number of hydrogen-bond acceptors (Lipinski definition) is 4. The predicted molar refractivity (Wildman–Crippen MR) is 142 cm³/mol. The number of hydrogen-bond donors (Lipinski definition) is 3. The SMILES string of the molecule is Cc1c(-c2cc(C)c3ncnn3c2)[nH]c2cc(-c3ccc4nc([C@H]5N[C@@H]6CC[C@H]5C6)[nH]c4c3)ccc12. The Hall–Kier alpha value is -3.97. The molecule has 178 valence electrons. The summed E-state index contributed by atoms with van der Waals surface area (Å²) in [5.74, 6) is 1.81. The summed E-state index contributed by atoms with van der Waals surface area (Å²) in [7, 11) is 0. The van der Waals surface area contributed by atoms with Crippen molar-refractivity contribution in [1.82, 2.24) is 34.9 Å². The smallest absolute Gasteiger partial charge is 0.158 e. The molecule has 6 aromatic rings. The monoisotopic (exact) mass is 473 g/mol. The third-order valence-corrected chi connectivity index (χ3v) is 8.39. The van der Waals surface area contributed by atoms with E-state index >= 15 is 0 Å². The van der Waals surface area contributed by atoms with Crippen LogP contribution in [0.3, 0.4) is 0 Å². The van der Waals surface area contributed by atoms with Gasteiger partial charge in [0, 0.05) is 28.7 Å². The Bertz CT molecular complexity index is 1800. The van der Waals surface area contributed by atoms with E-state index < -0.39 is 0 Å². The quantitative estimate of drug-likeness (QED) is 0.301. The molecule has 1 saturated heterocycles. The van der Waals surface area contributed by atoms with Crippen LogP contribution in [0.4, 0.5) is 0 Å². The first-order valence-electron chi connectivity index (χ1n) is 12.8. The lowest BCUT2D eigenvalue weighted by Gasteiger charge is -2.20. The van der Waals surface area contributed by atoms with Crippen molar-refractivity contribution in [3.63, 3.8) is 0 Å². The first kappa shape index (κ1) is 20.2. The fourth-order valence-electron chi connectivity index (χ4n) is 6.56. The van der Waals surface area contributed by atoms with E-state index in [9.17, 15) is 0 Å². The predicted octanol–water partition coefficient (Wildman–Crippen LogP) is 5.85. The second-order valence-electron chi connectivity index (χ2n) is 10.6. The van der Waals surface area contributed by atoms with Crippen LogP contribution in [-0.2, 0) is 0 Å². The van der Waals surface area contributed by atoms with Gasteiger partial charge in [-0.2, -0.15) is 5.10 Å². The van der Waals surface area contributed by atoms with E-state index in [0.29, 0.717) is 12.1 Å². The first-order valence-corrected chi connectivity index (χ1v) is 12.8. The number of aromatic amines is 2. The van der Waals surface area contributed by atoms with Crippen LogP contribution in [0.25, 0.3) is 50.0 Å². The molecule has 36 heavy (non-hydrogen) atoms. The van der Waals surface area contributed by atoms with Crippen LogP contribution in [0.2, 0.25) is 0 Å². The van der Waals surface area contributed by atoms with E-state index in [1.807, 2.05) is 10.7 Å². The molecule has 3 N–H and O–H groups in total. The van der Waals surface area contributed by atoms with Crippen LogP contribution < -0.4 is 5.32 Å². The molecule has 0 radical (unpaired) electrons. The number of fused-ring (bicyclic) bond motifs is 5. The molecular weight excluding hydrogens is 446 g/mol. The van der Waals surface area contributed by atoms with E-state index in [-0.39, 0.29) is 0 Å². The summed E-state index contributed by atoms with van der Waals surface area (Å²) in [6.45, 7) is 4.25. The van der Waals surface area contributed by atoms with Gasteiger partial charge in [0.2, 0.25) is 0 Å². The Kier molecular flexibility index (Phi) is 4.09. The molecule has 1 aliphatic carbocycles. The Morgan fingerprint density at radius 1 is 0.917 bits per heavy atom. The van der Waals surface area contributed by atoms with Crippen molar-refractivity contribution in [2.24, 2.45) is 5.92 Å². The number of rotatable bonds is 3. The van der Waals surface area contributed by atoms with Crippen molar-refractivity contribution in [1.29, 1.82) is 0 Å². The highest BCUT2D eigenvalue weighted by atomic mass is 15.3. The van der Waals surface area contributed by atoms with Crippen LogP contribution >= 0.6 is 0 Å². The molecule has 4 aromatic heterocycles. The number of aryl methyl sites for hydroxylation is 2. The molecule has 0 unspecified atom stereocenters. The highest BCUT2D eigenvalue weighted by Crippen LogP contribution is 2.42. The lowest BCUT2D eigenvalue weighted by Crippen LogP contribution is -2.29. The van der Waals surface area contributed by atoms with Gasteiger partial charge in [-0.15, -0.1) is 0 Å². The molecule has 2 aromatic carbocycles. The Labute approximate surface area is 208 Å². The molecule has 3 atom stereocenters. The molecule has 0 amide bonds. The van der Waals surface area contributed by atoms with Crippen molar-refractivity contribution in [2.75, 3.05) is 0 Å². The molecule has 8 rings (SSSR count). The standard InChI is InChI=1S/C29H27N7/c1-15-9-20(13-36-29(15)30-14-31-36)26-16(2)22-7-4-17(11-24(22)33-26)18-5-8-23-25(12-18)35-28(34-23)27-19-3-6-21(10-19)32-27/h4-5,7-9,11-14,19,21,27,32-33H,3,6,10H2,1-2H3,(H,34,35)/t19-,21+,27-/m0/s1. The van der Waals surface area contributed by atoms with Gasteiger partial charge in [-0.1, -0.05) is 18.2 Å². The molecule has 2 fully saturated rings. The Balaban J connectivity index is 1.17. The van der Waals surface area contributed by atoms with Gasteiger partial charge in [0.05, 0.1) is 22.8 Å². The van der Waals surface area contributed by atoms with Crippen LogP contribution in [0.1, 0.15) is 42.3 Å². The number of benzene rings is 2. The number of nitrogens with zero attached hydrogens (tertiary/aromatic N) is 4. The van der Waals surface area contributed by atoms with Crippen molar-refractivity contribution < 1.29 is 0 Å². The summed E-state index contributed by atoms with van der Waals surface area (Å²) in [5.41, 5.74) is 11.1. The zero-order chi connectivity index (χ0) is 24.0. The second kappa shape index (κ2) is 7.27. The lowest BCUT2D eigenvalue weighted by molar-refractivity contribution is 0.380. The highest BCUT2D eigenvalue weighted by molar-refractivity contribution is 5.94. The van der Waals surface area contributed by atoms with Gasteiger partial charge in [-0.3, -0.25) is 0 Å². The number of nitrogens with one attached hydrogen (secondary N) is 3. The molecule has 2 bridgehead atoms. The van der Waals surface area contributed by atoms with E-state index in [1.165, 1.54) is 41.3 Å². The van der Waals surface area contributed by atoms with Crippen molar-refractivity contribution >= 4 is 27.6 Å².